The molecular weight excluding hydrogens is 435 g/mol. The van der Waals surface area contributed by atoms with Crippen LogP contribution in [0, 0.1) is 5.82 Å². The molecule has 0 aliphatic rings. The molecule has 0 spiro atoms. The van der Waals surface area contributed by atoms with Gasteiger partial charge in [-0.15, -0.1) is 0 Å². The summed E-state index contributed by atoms with van der Waals surface area (Å²) in [5.41, 5.74) is 7.47. The second-order valence-electron chi connectivity index (χ2n) is 6.79. The van der Waals surface area contributed by atoms with Crippen molar-refractivity contribution in [3.8, 4) is 22.8 Å². The zero-order chi connectivity index (χ0) is 22.9. The fraction of sp³-hybridized carbons (Fsp3) is 0.0909. The van der Waals surface area contributed by atoms with Crippen LogP contribution in [0.3, 0.4) is 0 Å². The molecule has 3 aromatic carbocycles. The molecule has 32 heavy (non-hydrogen) atoms. The number of anilines is 2. The maximum Gasteiger partial charge on any atom is 0.262 e. The predicted octanol–water partition coefficient (Wildman–Crippen LogP) is 3.84. The number of rotatable bonds is 6. The molecule has 0 atom stereocenters. The standard InChI is InChI=1S/C22H19FN4O4S/c1-30-14-7-9-19-18(11-14)21(26-22(24)25-19)17-8-6-15(31-2)12-20(17)27-32(28,29)16-5-3-4-13(23)10-16/h3-12,27H,1-2H3,(H2,24,25,26). The summed E-state index contributed by atoms with van der Waals surface area (Å²) in [6, 6.07) is 14.8. The van der Waals surface area contributed by atoms with Crippen molar-refractivity contribution < 1.29 is 22.3 Å². The first kappa shape index (κ1) is 21.3. The first-order valence-electron chi connectivity index (χ1n) is 9.39. The van der Waals surface area contributed by atoms with Gasteiger partial charge in [-0.1, -0.05) is 6.07 Å². The lowest BCUT2D eigenvalue weighted by Gasteiger charge is -2.16. The molecular formula is C22H19FN4O4S. The fourth-order valence-corrected chi connectivity index (χ4v) is 4.34. The molecule has 0 amide bonds. The largest absolute Gasteiger partial charge is 0.497 e. The average Bonchev–Trinajstić information content (AvgIpc) is 2.78. The van der Waals surface area contributed by atoms with Crippen LogP contribution in [0.1, 0.15) is 0 Å². The average molecular weight is 454 g/mol. The van der Waals surface area contributed by atoms with E-state index in [1.807, 2.05) is 0 Å². The summed E-state index contributed by atoms with van der Waals surface area (Å²) in [5.74, 6) is 0.338. The van der Waals surface area contributed by atoms with Crippen LogP contribution in [0.5, 0.6) is 11.5 Å². The molecule has 0 radical (unpaired) electrons. The Bertz CT molecular complexity index is 1430. The summed E-state index contributed by atoms with van der Waals surface area (Å²) < 4.78 is 52.7. The highest BCUT2D eigenvalue weighted by Gasteiger charge is 2.20. The molecule has 164 valence electrons. The van der Waals surface area contributed by atoms with Crippen LogP contribution in [0.2, 0.25) is 0 Å². The molecule has 3 N–H and O–H groups in total. The lowest BCUT2D eigenvalue weighted by Crippen LogP contribution is -2.14. The minimum absolute atomic E-state index is 0.0208. The molecule has 1 heterocycles. The summed E-state index contributed by atoms with van der Waals surface area (Å²) in [6.45, 7) is 0. The Morgan fingerprint density at radius 3 is 2.38 bits per heavy atom. The second kappa shape index (κ2) is 8.31. The number of halogens is 1. The van der Waals surface area contributed by atoms with Crippen molar-refractivity contribution in [3.05, 3.63) is 66.5 Å². The van der Waals surface area contributed by atoms with Gasteiger partial charge in [-0.05, 0) is 48.5 Å². The third kappa shape index (κ3) is 4.12. The second-order valence-corrected chi connectivity index (χ2v) is 8.47. The Hall–Kier alpha value is -3.92. The first-order chi connectivity index (χ1) is 15.3. The maximum absolute atomic E-state index is 13.6. The van der Waals surface area contributed by atoms with E-state index in [0.717, 1.165) is 6.07 Å². The van der Waals surface area contributed by atoms with Crippen LogP contribution in [-0.2, 0) is 10.0 Å². The van der Waals surface area contributed by atoms with Crippen molar-refractivity contribution in [2.24, 2.45) is 0 Å². The van der Waals surface area contributed by atoms with Crippen LogP contribution in [-0.4, -0.2) is 32.6 Å². The number of fused-ring (bicyclic) bond motifs is 1. The molecule has 8 nitrogen and oxygen atoms in total. The highest BCUT2D eigenvalue weighted by Crippen LogP contribution is 2.37. The number of benzene rings is 3. The number of ether oxygens (including phenoxy) is 2. The highest BCUT2D eigenvalue weighted by atomic mass is 32.2. The zero-order valence-electron chi connectivity index (χ0n) is 17.2. The van der Waals surface area contributed by atoms with Gasteiger partial charge in [0.15, 0.2) is 0 Å². The highest BCUT2D eigenvalue weighted by molar-refractivity contribution is 7.92. The number of sulfonamides is 1. The van der Waals surface area contributed by atoms with Gasteiger partial charge in [0.25, 0.3) is 10.0 Å². The predicted molar refractivity (Wildman–Crippen MR) is 120 cm³/mol. The minimum Gasteiger partial charge on any atom is -0.497 e. The van der Waals surface area contributed by atoms with Crippen molar-refractivity contribution >= 4 is 32.6 Å². The summed E-state index contributed by atoms with van der Waals surface area (Å²) in [4.78, 5) is 8.37. The van der Waals surface area contributed by atoms with E-state index in [2.05, 4.69) is 14.7 Å². The van der Waals surface area contributed by atoms with E-state index < -0.39 is 15.8 Å². The van der Waals surface area contributed by atoms with Crippen LogP contribution in [0.4, 0.5) is 16.0 Å². The Morgan fingerprint density at radius 2 is 1.66 bits per heavy atom. The Kier molecular flexibility index (Phi) is 5.54. The van der Waals surface area contributed by atoms with E-state index >= 15 is 0 Å². The fourth-order valence-electron chi connectivity index (χ4n) is 3.24. The normalized spacial score (nSPS) is 11.3. The number of hydrogen-bond acceptors (Lipinski definition) is 7. The lowest BCUT2D eigenvalue weighted by molar-refractivity contribution is 0.415. The van der Waals surface area contributed by atoms with Crippen molar-refractivity contribution in [2.45, 2.75) is 4.90 Å². The van der Waals surface area contributed by atoms with E-state index in [1.165, 1.54) is 38.5 Å². The molecule has 0 saturated carbocycles. The van der Waals surface area contributed by atoms with Crippen LogP contribution in [0.15, 0.2) is 65.6 Å². The molecule has 0 aliphatic carbocycles. The van der Waals surface area contributed by atoms with Gasteiger partial charge in [0.2, 0.25) is 5.95 Å². The quantitative estimate of drug-likeness (QED) is 0.455. The van der Waals surface area contributed by atoms with Crippen LogP contribution in [0.25, 0.3) is 22.2 Å². The van der Waals surface area contributed by atoms with Gasteiger partial charge < -0.3 is 15.2 Å². The number of hydrogen-bond donors (Lipinski definition) is 2. The molecule has 0 fully saturated rings. The summed E-state index contributed by atoms with van der Waals surface area (Å²) in [5, 5.41) is 0.606. The Morgan fingerprint density at radius 1 is 0.938 bits per heavy atom. The van der Waals surface area contributed by atoms with E-state index in [0.29, 0.717) is 33.7 Å². The molecule has 0 unspecified atom stereocenters. The van der Waals surface area contributed by atoms with Crippen molar-refractivity contribution in [1.29, 1.82) is 0 Å². The monoisotopic (exact) mass is 454 g/mol. The molecule has 10 heteroatoms. The summed E-state index contributed by atoms with van der Waals surface area (Å²) in [7, 11) is -1.12. The number of nitrogens with one attached hydrogen (secondary N) is 1. The third-order valence-corrected chi connectivity index (χ3v) is 6.12. The topological polar surface area (TPSA) is 116 Å². The maximum atomic E-state index is 13.6. The zero-order valence-corrected chi connectivity index (χ0v) is 18.0. The third-order valence-electron chi connectivity index (χ3n) is 4.75. The Labute approximate surface area is 183 Å². The molecule has 0 aliphatic heterocycles. The molecule has 4 aromatic rings. The van der Waals surface area contributed by atoms with Crippen molar-refractivity contribution in [1.82, 2.24) is 9.97 Å². The van der Waals surface area contributed by atoms with Crippen molar-refractivity contribution in [2.75, 3.05) is 24.7 Å². The number of nitrogens with two attached hydrogens (primary N) is 1. The molecule has 4 rings (SSSR count). The summed E-state index contributed by atoms with van der Waals surface area (Å²) in [6.07, 6.45) is 0. The van der Waals surface area contributed by atoms with Gasteiger partial charge >= 0.3 is 0 Å². The lowest BCUT2D eigenvalue weighted by atomic mass is 10.0. The number of aromatic nitrogens is 2. The number of nitrogens with zero attached hydrogens (tertiary/aromatic N) is 2. The van der Waals surface area contributed by atoms with Gasteiger partial charge in [-0.3, -0.25) is 4.72 Å². The van der Waals surface area contributed by atoms with Crippen molar-refractivity contribution in [3.63, 3.8) is 0 Å². The number of nitrogen functional groups attached to an aromatic ring is 1. The Balaban J connectivity index is 1.92. The van der Waals surface area contributed by atoms with E-state index in [-0.39, 0.29) is 16.5 Å². The molecule has 1 aromatic heterocycles. The molecule has 0 bridgehead atoms. The van der Waals surface area contributed by atoms with Crippen LogP contribution >= 0.6 is 0 Å². The van der Waals surface area contributed by atoms with Gasteiger partial charge in [0, 0.05) is 17.0 Å². The minimum atomic E-state index is -4.11. The van der Waals surface area contributed by atoms with Gasteiger partial charge in [-0.25, -0.2) is 22.8 Å². The number of methoxy groups -OCH3 is 2. The van der Waals surface area contributed by atoms with E-state index in [4.69, 9.17) is 15.2 Å². The van der Waals surface area contributed by atoms with E-state index in [9.17, 15) is 12.8 Å². The molecule has 0 saturated heterocycles. The smallest absolute Gasteiger partial charge is 0.262 e. The SMILES string of the molecule is COc1ccc(-c2nc(N)nc3ccc(OC)cc23)c(NS(=O)(=O)c2cccc(F)c2)c1. The summed E-state index contributed by atoms with van der Waals surface area (Å²) >= 11 is 0. The van der Waals surface area contributed by atoms with E-state index in [1.54, 1.807) is 30.3 Å². The first-order valence-corrected chi connectivity index (χ1v) is 10.9. The van der Waals surface area contributed by atoms with Gasteiger partial charge in [-0.2, -0.15) is 0 Å². The van der Waals surface area contributed by atoms with Gasteiger partial charge in [0.05, 0.1) is 36.0 Å². The van der Waals surface area contributed by atoms with Gasteiger partial charge in [0.1, 0.15) is 17.3 Å². The van der Waals surface area contributed by atoms with Crippen LogP contribution < -0.4 is 19.9 Å².